The van der Waals surface area contributed by atoms with Crippen molar-refractivity contribution in [2.75, 3.05) is 5.32 Å². The number of nitrogens with zero attached hydrogens (tertiary/aromatic N) is 3. The van der Waals surface area contributed by atoms with Crippen LogP contribution in [0, 0.1) is 10.1 Å². The molecule has 0 spiro atoms. The van der Waals surface area contributed by atoms with Crippen molar-refractivity contribution in [3.8, 4) is 5.69 Å². The average Bonchev–Trinajstić information content (AvgIpc) is 3.15. The molecular formula is C18H13BrN4O5S. The minimum Gasteiger partial charge on any atom is -0.306 e. The Morgan fingerprint density at radius 3 is 2.38 bits per heavy atom. The minimum absolute atomic E-state index is 0.0866. The molecule has 2 aromatic carbocycles. The largest absolute Gasteiger partial charge is 0.306 e. The van der Waals surface area contributed by atoms with Gasteiger partial charge < -0.3 is 5.32 Å². The van der Waals surface area contributed by atoms with Crippen LogP contribution in [-0.2, 0) is 21.3 Å². The molecule has 4 rings (SSSR count). The van der Waals surface area contributed by atoms with E-state index in [1.54, 1.807) is 24.3 Å². The first-order valence-electron chi connectivity index (χ1n) is 8.36. The molecule has 11 heteroatoms. The van der Waals surface area contributed by atoms with Gasteiger partial charge in [-0.05, 0) is 36.4 Å². The van der Waals surface area contributed by atoms with Gasteiger partial charge in [-0.3, -0.25) is 14.9 Å². The third kappa shape index (κ3) is 3.78. The van der Waals surface area contributed by atoms with Crippen LogP contribution >= 0.6 is 15.9 Å². The van der Waals surface area contributed by atoms with Crippen LogP contribution in [-0.4, -0.2) is 29.0 Å². The number of nitro benzene ring substituents is 1. The van der Waals surface area contributed by atoms with Gasteiger partial charge in [-0.2, -0.15) is 5.10 Å². The van der Waals surface area contributed by atoms with Gasteiger partial charge in [-0.1, -0.05) is 15.9 Å². The Morgan fingerprint density at radius 1 is 1.10 bits per heavy atom. The number of rotatable bonds is 4. The van der Waals surface area contributed by atoms with Gasteiger partial charge in [0.2, 0.25) is 0 Å². The number of sulfone groups is 1. The van der Waals surface area contributed by atoms with Gasteiger partial charge in [0.25, 0.3) is 11.6 Å². The Kier molecular flexibility index (Phi) is 4.71. The molecule has 0 saturated heterocycles. The van der Waals surface area contributed by atoms with E-state index in [0.29, 0.717) is 22.5 Å². The van der Waals surface area contributed by atoms with Gasteiger partial charge in [-0.25, -0.2) is 13.1 Å². The van der Waals surface area contributed by atoms with E-state index in [1.165, 1.54) is 28.9 Å². The molecule has 0 atom stereocenters. The standard InChI is InChI=1S/C18H13BrN4O5S/c19-12-3-1-11(2-4-12)18(24)20-17-15-9-29(27,28)10-16(15)21-22(17)13-5-7-14(8-6-13)23(25)26/h1-8H,9-10H2,(H,20,24). The number of fused-ring (bicyclic) bond motifs is 1. The number of non-ortho nitro benzene ring substituents is 1. The lowest BCUT2D eigenvalue weighted by molar-refractivity contribution is -0.384. The van der Waals surface area contributed by atoms with Crippen LogP contribution in [0.2, 0.25) is 0 Å². The Hall–Kier alpha value is -3.05. The third-order valence-electron chi connectivity index (χ3n) is 4.43. The SMILES string of the molecule is O=C(Nc1c2c(nn1-c1ccc([N+](=O)[O-])cc1)CS(=O)(=O)C2)c1ccc(Br)cc1. The molecule has 0 saturated carbocycles. The average molecular weight is 477 g/mol. The highest BCUT2D eigenvalue weighted by molar-refractivity contribution is 9.10. The summed E-state index contributed by atoms with van der Waals surface area (Å²) >= 11 is 3.31. The topological polar surface area (TPSA) is 124 Å². The van der Waals surface area contributed by atoms with Crippen molar-refractivity contribution in [2.24, 2.45) is 0 Å². The Balaban J connectivity index is 1.75. The van der Waals surface area contributed by atoms with Crippen molar-refractivity contribution in [2.45, 2.75) is 11.5 Å². The second-order valence-electron chi connectivity index (χ2n) is 6.45. The summed E-state index contributed by atoms with van der Waals surface area (Å²) in [6, 6.07) is 12.3. The summed E-state index contributed by atoms with van der Waals surface area (Å²) in [5.74, 6) is -0.634. The monoisotopic (exact) mass is 476 g/mol. The highest BCUT2D eigenvalue weighted by atomic mass is 79.9. The number of aromatic nitrogens is 2. The van der Waals surface area contributed by atoms with E-state index in [1.807, 2.05) is 0 Å². The fourth-order valence-electron chi connectivity index (χ4n) is 3.05. The highest BCUT2D eigenvalue weighted by Gasteiger charge is 2.33. The van der Waals surface area contributed by atoms with E-state index in [-0.39, 0.29) is 23.0 Å². The number of halogens is 1. The summed E-state index contributed by atoms with van der Waals surface area (Å²) in [4.78, 5) is 23.1. The first-order chi connectivity index (χ1) is 13.7. The molecule has 0 aliphatic carbocycles. The van der Waals surface area contributed by atoms with Gasteiger partial charge in [0, 0.05) is 27.7 Å². The molecule has 1 aliphatic heterocycles. The van der Waals surface area contributed by atoms with Gasteiger partial charge in [0.1, 0.15) is 5.82 Å². The third-order valence-corrected chi connectivity index (χ3v) is 6.40. The fraction of sp³-hybridized carbons (Fsp3) is 0.111. The zero-order valence-corrected chi connectivity index (χ0v) is 17.1. The molecule has 1 N–H and O–H groups in total. The van der Waals surface area contributed by atoms with Crippen molar-refractivity contribution < 1.29 is 18.1 Å². The van der Waals surface area contributed by atoms with E-state index in [0.717, 1.165) is 4.47 Å². The predicted octanol–water partition coefficient (Wildman–Crippen LogP) is 3.22. The predicted molar refractivity (Wildman–Crippen MR) is 109 cm³/mol. The molecule has 29 heavy (non-hydrogen) atoms. The maximum atomic E-state index is 12.7. The van der Waals surface area contributed by atoms with E-state index >= 15 is 0 Å². The number of nitro groups is 1. The number of anilines is 1. The van der Waals surface area contributed by atoms with Crippen LogP contribution in [0.1, 0.15) is 21.6 Å². The van der Waals surface area contributed by atoms with Crippen molar-refractivity contribution in [1.29, 1.82) is 0 Å². The summed E-state index contributed by atoms with van der Waals surface area (Å²) in [7, 11) is -3.33. The summed E-state index contributed by atoms with van der Waals surface area (Å²) in [6.45, 7) is 0. The number of hydrogen-bond acceptors (Lipinski definition) is 6. The summed E-state index contributed by atoms with van der Waals surface area (Å²) < 4.78 is 26.3. The van der Waals surface area contributed by atoms with Crippen molar-refractivity contribution in [3.05, 3.63) is 79.9 Å². The maximum absolute atomic E-state index is 12.7. The highest BCUT2D eigenvalue weighted by Crippen LogP contribution is 2.33. The lowest BCUT2D eigenvalue weighted by atomic mass is 10.2. The molecule has 0 bridgehead atoms. The number of amides is 1. The van der Waals surface area contributed by atoms with Crippen LogP contribution in [0.5, 0.6) is 0 Å². The Labute approximate surface area is 173 Å². The second kappa shape index (κ2) is 7.08. The lowest BCUT2D eigenvalue weighted by Crippen LogP contribution is -2.17. The van der Waals surface area contributed by atoms with Crippen molar-refractivity contribution in [3.63, 3.8) is 0 Å². The number of carbonyl (C=O) groups is 1. The van der Waals surface area contributed by atoms with Gasteiger partial charge in [0.15, 0.2) is 9.84 Å². The first kappa shape index (κ1) is 19.3. The lowest BCUT2D eigenvalue weighted by Gasteiger charge is -2.11. The molecule has 1 aliphatic rings. The van der Waals surface area contributed by atoms with Gasteiger partial charge >= 0.3 is 0 Å². The van der Waals surface area contributed by atoms with Crippen molar-refractivity contribution in [1.82, 2.24) is 9.78 Å². The quantitative estimate of drug-likeness (QED) is 0.455. The molecule has 0 radical (unpaired) electrons. The normalized spacial score (nSPS) is 14.4. The van der Waals surface area contributed by atoms with Gasteiger partial charge in [-0.15, -0.1) is 0 Å². The Morgan fingerprint density at radius 2 is 1.76 bits per heavy atom. The van der Waals surface area contributed by atoms with Crippen LogP contribution in [0.25, 0.3) is 5.69 Å². The van der Waals surface area contributed by atoms with Crippen molar-refractivity contribution >= 4 is 43.2 Å². The number of carbonyl (C=O) groups excluding carboxylic acids is 1. The van der Waals surface area contributed by atoms with E-state index in [9.17, 15) is 23.3 Å². The molecule has 0 fully saturated rings. The molecule has 1 amide bonds. The van der Waals surface area contributed by atoms with E-state index in [4.69, 9.17) is 0 Å². The van der Waals surface area contributed by atoms with Crippen LogP contribution in [0.3, 0.4) is 0 Å². The summed E-state index contributed by atoms with van der Waals surface area (Å²) in [5.41, 5.74) is 1.55. The van der Waals surface area contributed by atoms with Crippen LogP contribution < -0.4 is 5.32 Å². The van der Waals surface area contributed by atoms with Gasteiger partial charge in [0.05, 0.1) is 27.8 Å². The number of nitrogens with one attached hydrogen (secondary N) is 1. The van der Waals surface area contributed by atoms with E-state index < -0.39 is 20.7 Å². The fourth-order valence-corrected chi connectivity index (χ4v) is 4.81. The summed E-state index contributed by atoms with van der Waals surface area (Å²) in [5, 5.41) is 18.0. The van der Waals surface area contributed by atoms with E-state index in [2.05, 4.69) is 26.3 Å². The zero-order chi connectivity index (χ0) is 20.8. The number of hydrogen-bond donors (Lipinski definition) is 1. The molecular weight excluding hydrogens is 464 g/mol. The molecule has 1 aromatic heterocycles. The second-order valence-corrected chi connectivity index (χ2v) is 9.43. The van der Waals surface area contributed by atoms with Crippen LogP contribution in [0.15, 0.2) is 53.0 Å². The summed E-state index contributed by atoms with van der Waals surface area (Å²) in [6.07, 6.45) is 0. The molecule has 2 heterocycles. The molecule has 0 unspecified atom stereocenters. The Bertz CT molecular complexity index is 1230. The minimum atomic E-state index is -3.33. The maximum Gasteiger partial charge on any atom is 0.269 e. The first-order valence-corrected chi connectivity index (χ1v) is 11.0. The zero-order valence-electron chi connectivity index (χ0n) is 14.7. The molecule has 148 valence electrons. The molecule has 3 aromatic rings. The number of benzene rings is 2. The smallest absolute Gasteiger partial charge is 0.269 e. The van der Waals surface area contributed by atoms with Crippen LogP contribution in [0.4, 0.5) is 11.5 Å². The molecule has 9 nitrogen and oxygen atoms in total.